The van der Waals surface area contributed by atoms with Crippen LogP contribution in [0.15, 0.2) is 22.9 Å². The van der Waals surface area contributed by atoms with E-state index in [4.69, 9.17) is 14.2 Å². The molecule has 0 saturated carbocycles. The van der Waals surface area contributed by atoms with Gasteiger partial charge in [0.1, 0.15) is 0 Å². The average molecular weight is 399 g/mol. The van der Waals surface area contributed by atoms with Gasteiger partial charge in [-0.1, -0.05) is 19.0 Å². The van der Waals surface area contributed by atoms with E-state index in [2.05, 4.69) is 34.2 Å². The van der Waals surface area contributed by atoms with Crippen molar-refractivity contribution >= 4 is 11.9 Å². The molecule has 4 heterocycles. The Bertz CT molecular complexity index is 831. The number of rotatable bonds is 6. The van der Waals surface area contributed by atoms with E-state index in [9.17, 15) is 4.79 Å². The lowest BCUT2D eigenvalue weighted by Gasteiger charge is -2.23. The van der Waals surface area contributed by atoms with E-state index in [1.807, 2.05) is 12.3 Å². The number of nitrogens with one attached hydrogen (secondary N) is 1. The molecule has 4 rings (SSSR count). The number of carbonyl (C=O) groups excluding carboxylic acids is 1. The first-order chi connectivity index (χ1) is 14.1. The largest absolute Gasteiger partial charge is 0.381 e. The van der Waals surface area contributed by atoms with E-state index in [1.54, 1.807) is 6.07 Å². The van der Waals surface area contributed by atoms with Crippen molar-refractivity contribution in [2.75, 3.05) is 31.2 Å². The Morgan fingerprint density at radius 1 is 1.31 bits per heavy atom. The van der Waals surface area contributed by atoms with Crippen LogP contribution in [0.25, 0.3) is 0 Å². The molecule has 2 saturated heterocycles. The summed E-state index contributed by atoms with van der Waals surface area (Å²) in [6.45, 7) is 7.32. The van der Waals surface area contributed by atoms with Gasteiger partial charge in [-0.3, -0.25) is 4.79 Å². The second-order valence-electron chi connectivity index (χ2n) is 8.35. The minimum atomic E-state index is -0.212. The SMILES string of the molecule is CC(C)Cc1cc(C(=O)NC2CCN(c3nccc(C4CCOCC4)n3)C2)on1. The summed E-state index contributed by atoms with van der Waals surface area (Å²) < 4.78 is 10.7. The van der Waals surface area contributed by atoms with Gasteiger partial charge in [0.2, 0.25) is 11.7 Å². The van der Waals surface area contributed by atoms with Crippen molar-refractivity contribution < 1.29 is 14.1 Å². The molecular formula is C21H29N5O3. The van der Waals surface area contributed by atoms with Gasteiger partial charge in [0, 0.05) is 56.2 Å². The van der Waals surface area contributed by atoms with Gasteiger partial charge < -0.3 is 19.5 Å². The standard InChI is InChI=1S/C21H29N5O3/c1-14(2)11-17-12-19(29-25-17)20(27)23-16-4-8-26(13-16)21-22-7-3-18(24-21)15-5-9-28-10-6-15/h3,7,12,14-16H,4-6,8-11,13H2,1-2H3,(H,23,27). The molecule has 2 fully saturated rings. The molecule has 8 nitrogen and oxygen atoms in total. The van der Waals surface area contributed by atoms with E-state index in [0.29, 0.717) is 18.4 Å². The molecule has 0 spiro atoms. The fourth-order valence-corrected chi connectivity index (χ4v) is 3.98. The summed E-state index contributed by atoms with van der Waals surface area (Å²) in [5, 5.41) is 7.05. The van der Waals surface area contributed by atoms with E-state index < -0.39 is 0 Å². The normalized spacial score (nSPS) is 20.4. The molecule has 1 N–H and O–H groups in total. The quantitative estimate of drug-likeness (QED) is 0.798. The van der Waals surface area contributed by atoms with Crippen molar-refractivity contribution in [3.05, 3.63) is 35.5 Å². The highest BCUT2D eigenvalue weighted by atomic mass is 16.5. The van der Waals surface area contributed by atoms with Gasteiger partial charge in [-0.2, -0.15) is 0 Å². The Labute approximate surface area is 171 Å². The molecule has 0 aliphatic carbocycles. The van der Waals surface area contributed by atoms with Crippen LogP contribution in [0.3, 0.4) is 0 Å². The first kappa shape index (κ1) is 19.8. The summed E-state index contributed by atoms with van der Waals surface area (Å²) >= 11 is 0. The van der Waals surface area contributed by atoms with Crippen LogP contribution in [0.5, 0.6) is 0 Å². The number of carbonyl (C=O) groups is 1. The molecule has 8 heteroatoms. The molecule has 29 heavy (non-hydrogen) atoms. The molecule has 1 atom stereocenters. The van der Waals surface area contributed by atoms with Gasteiger partial charge >= 0.3 is 0 Å². The zero-order valence-corrected chi connectivity index (χ0v) is 17.1. The van der Waals surface area contributed by atoms with Crippen molar-refractivity contribution in [1.82, 2.24) is 20.4 Å². The van der Waals surface area contributed by atoms with Gasteiger partial charge in [0.05, 0.1) is 5.69 Å². The molecule has 2 aromatic rings. The van der Waals surface area contributed by atoms with Crippen LogP contribution in [0.1, 0.15) is 61.0 Å². The lowest BCUT2D eigenvalue weighted by molar-refractivity contribution is 0.0845. The number of amides is 1. The van der Waals surface area contributed by atoms with Crippen LogP contribution in [-0.2, 0) is 11.2 Å². The second kappa shape index (κ2) is 8.90. The minimum Gasteiger partial charge on any atom is -0.381 e. The number of anilines is 1. The van der Waals surface area contributed by atoms with Crippen molar-refractivity contribution in [3.63, 3.8) is 0 Å². The van der Waals surface area contributed by atoms with Crippen molar-refractivity contribution in [2.24, 2.45) is 5.92 Å². The number of hydrogen-bond donors (Lipinski definition) is 1. The van der Waals surface area contributed by atoms with Crippen LogP contribution in [0, 0.1) is 5.92 Å². The first-order valence-electron chi connectivity index (χ1n) is 10.5. The van der Waals surface area contributed by atoms with Crippen LogP contribution in [0.4, 0.5) is 5.95 Å². The maximum atomic E-state index is 12.5. The fourth-order valence-electron chi connectivity index (χ4n) is 3.98. The number of hydrogen-bond acceptors (Lipinski definition) is 7. The maximum Gasteiger partial charge on any atom is 0.290 e. The minimum absolute atomic E-state index is 0.0384. The molecule has 0 bridgehead atoms. The monoisotopic (exact) mass is 399 g/mol. The smallest absolute Gasteiger partial charge is 0.290 e. The lowest BCUT2D eigenvalue weighted by atomic mass is 9.96. The average Bonchev–Trinajstić information content (AvgIpc) is 3.38. The molecule has 156 valence electrons. The Hall–Kier alpha value is -2.48. The molecule has 0 radical (unpaired) electrons. The van der Waals surface area contributed by atoms with Gasteiger partial charge in [0.25, 0.3) is 5.91 Å². The number of ether oxygens (including phenoxy) is 1. The fraction of sp³-hybridized carbons (Fsp3) is 0.619. The summed E-state index contributed by atoms with van der Waals surface area (Å²) in [5.74, 6) is 1.71. The Balaban J connectivity index is 1.34. The molecule has 0 aromatic carbocycles. The summed E-state index contributed by atoms with van der Waals surface area (Å²) in [6.07, 6.45) is 5.50. The third-order valence-corrected chi connectivity index (χ3v) is 5.51. The highest BCUT2D eigenvalue weighted by Crippen LogP contribution is 2.27. The van der Waals surface area contributed by atoms with Crippen molar-refractivity contribution in [2.45, 2.75) is 51.5 Å². The van der Waals surface area contributed by atoms with Gasteiger partial charge in [-0.15, -0.1) is 0 Å². The first-order valence-corrected chi connectivity index (χ1v) is 10.5. The molecule has 2 aromatic heterocycles. The predicted molar refractivity (Wildman–Crippen MR) is 108 cm³/mol. The highest BCUT2D eigenvalue weighted by Gasteiger charge is 2.28. The number of aromatic nitrogens is 3. The van der Waals surface area contributed by atoms with Crippen molar-refractivity contribution in [1.29, 1.82) is 0 Å². The van der Waals surface area contributed by atoms with Gasteiger partial charge in [0.15, 0.2) is 0 Å². The summed E-state index contributed by atoms with van der Waals surface area (Å²) in [5.41, 5.74) is 1.90. The van der Waals surface area contributed by atoms with Crippen LogP contribution >= 0.6 is 0 Å². The zero-order valence-electron chi connectivity index (χ0n) is 17.1. The Morgan fingerprint density at radius 2 is 2.14 bits per heavy atom. The molecular weight excluding hydrogens is 370 g/mol. The summed E-state index contributed by atoms with van der Waals surface area (Å²) in [7, 11) is 0. The van der Waals surface area contributed by atoms with Gasteiger partial charge in [-0.05, 0) is 37.7 Å². The van der Waals surface area contributed by atoms with Crippen molar-refractivity contribution in [3.8, 4) is 0 Å². The van der Waals surface area contributed by atoms with E-state index in [1.165, 1.54) is 0 Å². The third kappa shape index (κ3) is 4.93. The Morgan fingerprint density at radius 3 is 2.93 bits per heavy atom. The van der Waals surface area contributed by atoms with Gasteiger partial charge in [-0.25, -0.2) is 9.97 Å². The summed E-state index contributed by atoms with van der Waals surface area (Å²) in [4.78, 5) is 23.9. The molecule has 1 amide bonds. The Kier molecular flexibility index (Phi) is 6.08. The third-order valence-electron chi connectivity index (χ3n) is 5.51. The highest BCUT2D eigenvalue weighted by molar-refractivity contribution is 5.91. The second-order valence-corrected chi connectivity index (χ2v) is 8.35. The van der Waals surface area contributed by atoms with Crippen LogP contribution in [0.2, 0.25) is 0 Å². The molecule has 1 unspecified atom stereocenters. The lowest BCUT2D eigenvalue weighted by Crippen LogP contribution is -2.37. The van der Waals surface area contributed by atoms with Crippen LogP contribution in [-0.4, -0.2) is 53.4 Å². The molecule has 2 aliphatic heterocycles. The topological polar surface area (TPSA) is 93.4 Å². The maximum absolute atomic E-state index is 12.5. The molecule has 2 aliphatic rings. The zero-order chi connectivity index (χ0) is 20.2. The summed E-state index contributed by atoms with van der Waals surface area (Å²) in [6, 6.07) is 3.78. The predicted octanol–water partition coefficient (Wildman–Crippen LogP) is 2.57. The van der Waals surface area contributed by atoms with E-state index >= 15 is 0 Å². The van der Waals surface area contributed by atoms with E-state index in [-0.39, 0.29) is 17.7 Å². The van der Waals surface area contributed by atoms with E-state index in [0.717, 1.165) is 62.8 Å². The number of nitrogens with zero attached hydrogens (tertiary/aromatic N) is 4. The van der Waals surface area contributed by atoms with Crippen LogP contribution < -0.4 is 10.2 Å².